The number of halogens is 2. The van der Waals surface area contributed by atoms with E-state index in [0.29, 0.717) is 5.95 Å². The highest BCUT2D eigenvalue weighted by Gasteiger charge is 2.14. The Morgan fingerprint density at radius 2 is 1.77 bits per heavy atom. The van der Waals surface area contributed by atoms with Crippen LogP contribution in [0.3, 0.4) is 0 Å². The lowest BCUT2D eigenvalue weighted by Crippen LogP contribution is -2.42. The summed E-state index contributed by atoms with van der Waals surface area (Å²) >= 11 is 0. The van der Waals surface area contributed by atoms with Gasteiger partial charge in [-0.3, -0.25) is 4.90 Å². The van der Waals surface area contributed by atoms with Crippen molar-refractivity contribution in [2.75, 3.05) is 43.5 Å². The average molecular weight is 433 g/mol. The maximum atomic E-state index is 13.5. The Morgan fingerprint density at radius 1 is 1.06 bits per heavy atom. The number of morpholine rings is 1. The molecule has 1 aliphatic heterocycles. The molecular weight excluding hydrogens is 402 g/mol. The van der Waals surface area contributed by atoms with Crippen molar-refractivity contribution in [1.29, 1.82) is 0 Å². The molecule has 0 saturated carbocycles. The molecule has 31 heavy (non-hydrogen) atoms. The number of benzene rings is 2. The van der Waals surface area contributed by atoms with Gasteiger partial charge in [0.2, 0.25) is 5.95 Å². The Kier molecular flexibility index (Phi) is 6.43. The molecule has 2 N–H and O–H groups in total. The summed E-state index contributed by atoms with van der Waals surface area (Å²) in [6.45, 7) is 8.60. The molecule has 2 heterocycles. The number of nitrogens with one attached hydrogen (secondary N) is 2. The number of hydrogen-bond acceptors (Lipinski definition) is 6. The van der Waals surface area contributed by atoms with Gasteiger partial charge in [-0.25, -0.2) is 13.5 Å². The van der Waals surface area contributed by atoms with E-state index >= 15 is 0 Å². The van der Waals surface area contributed by atoms with Gasteiger partial charge in [-0.05, 0) is 49.7 Å². The van der Waals surface area contributed by atoms with Crippen molar-refractivity contribution in [2.24, 2.45) is 0 Å². The normalized spacial score (nSPS) is 15.6. The fourth-order valence-corrected chi connectivity index (χ4v) is 3.69. The molecule has 3 aromatic rings. The lowest BCUT2D eigenvalue weighted by atomic mass is 10.1. The molecule has 1 aliphatic rings. The molecule has 0 aliphatic carbocycles. The number of anilines is 3. The summed E-state index contributed by atoms with van der Waals surface area (Å²) in [6, 6.07) is 9.56. The monoisotopic (exact) mass is 432 g/mol. The van der Waals surface area contributed by atoms with E-state index in [0.717, 1.165) is 55.9 Å². The Bertz CT molecular complexity index is 1030. The Hall–Kier alpha value is -3.04. The third kappa shape index (κ3) is 5.77. The number of nitrogens with zero attached hydrogens (tertiary/aromatic N) is 4. The van der Waals surface area contributed by atoms with Crippen molar-refractivity contribution in [1.82, 2.24) is 19.7 Å². The van der Waals surface area contributed by atoms with Crippen molar-refractivity contribution in [2.45, 2.75) is 19.9 Å². The van der Waals surface area contributed by atoms with Crippen LogP contribution in [-0.2, 0) is 4.74 Å². The highest BCUT2D eigenvalue weighted by atomic mass is 19.1. The van der Waals surface area contributed by atoms with Gasteiger partial charge in [0, 0.05) is 46.0 Å². The van der Waals surface area contributed by atoms with Crippen LogP contribution in [0.25, 0.3) is 5.69 Å². The molecule has 0 spiro atoms. The smallest absolute Gasteiger partial charge is 0.246 e. The van der Waals surface area contributed by atoms with Crippen LogP contribution in [0, 0.1) is 18.6 Å². The van der Waals surface area contributed by atoms with Gasteiger partial charge in [-0.1, -0.05) is 0 Å². The summed E-state index contributed by atoms with van der Waals surface area (Å²) in [5.74, 6) is -0.996. The van der Waals surface area contributed by atoms with Crippen molar-refractivity contribution in [3.8, 4) is 5.69 Å². The third-order valence-corrected chi connectivity index (χ3v) is 4.99. The number of aromatic nitrogens is 3. The van der Waals surface area contributed by atoms with E-state index in [4.69, 9.17) is 4.74 Å². The van der Waals surface area contributed by atoms with E-state index < -0.39 is 11.6 Å². The first-order valence-corrected chi connectivity index (χ1v) is 10.3. The predicted molar refractivity (Wildman–Crippen MR) is 120 cm³/mol. The van der Waals surface area contributed by atoms with Crippen LogP contribution in [-0.4, -0.2) is 58.6 Å². The summed E-state index contributed by atoms with van der Waals surface area (Å²) in [4.78, 5) is 6.59. The molecular formula is C22H30F2N6O. The molecule has 1 fully saturated rings. The quantitative estimate of drug-likeness (QED) is 0.583. The molecule has 1 aromatic heterocycles. The predicted octanol–water partition coefficient (Wildman–Crippen LogP) is 4.22. The van der Waals surface area contributed by atoms with E-state index in [9.17, 15) is 8.78 Å². The van der Waals surface area contributed by atoms with E-state index in [1.807, 2.05) is 19.1 Å². The standard InChI is InChI=1S/C22H26F2N6O.2H2/c1-15-7-19(26-16(2)13-29-3-5-31-6-4-29)12-20(8-15)27-22-25-14-30(28-22)21-10-17(23)9-18(24)11-21;;/h7-12,14,16,26H,3-6,13H2,1-2H3,(H,27,28);2*1H. The van der Waals surface area contributed by atoms with Gasteiger partial charge in [0.1, 0.15) is 18.0 Å². The molecule has 168 valence electrons. The Balaban J connectivity index is 0.00000193. The van der Waals surface area contributed by atoms with Gasteiger partial charge in [0.05, 0.1) is 18.9 Å². The fourth-order valence-electron chi connectivity index (χ4n) is 3.69. The molecule has 0 radical (unpaired) electrons. The lowest BCUT2D eigenvalue weighted by Gasteiger charge is -2.29. The molecule has 2 aromatic carbocycles. The van der Waals surface area contributed by atoms with Crippen LogP contribution >= 0.6 is 0 Å². The van der Waals surface area contributed by atoms with Crippen LogP contribution in [0.1, 0.15) is 15.3 Å². The van der Waals surface area contributed by atoms with Gasteiger partial charge in [-0.15, -0.1) is 5.10 Å². The second-order valence-electron chi connectivity index (χ2n) is 7.81. The second-order valence-corrected chi connectivity index (χ2v) is 7.81. The summed E-state index contributed by atoms with van der Waals surface area (Å²) in [5, 5.41) is 11.0. The van der Waals surface area contributed by atoms with E-state index in [1.165, 1.54) is 23.1 Å². The summed E-state index contributed by atoms with van der Waals surface area (Å²) in [5.41, 5.74) is 3.17. The van der Waals surface area contributed by atoms with Crippen LogP contribution in [0.2, 0.25) is 0 Å². The van der Waals surface area contributed by atoms with Gasteiger partial charge < -0.3 is 15.4 Å². The molecule has 4 rings (SSSR count). The van der Waals surface area contributed by atoms with E-state index in [1.54, 1.807) is 0 Å². The second kappa shape index (κ2) is 9.40. The summed E-state index contributed by atoms with van der Waals surface area (Å²) < 4.78 is 33.7. The maximum Gasteiger partial charge on any atom is 0.246 e. The number of rotatable bonds is 7. The lowest BCUT2D eigenvalue weighted by molar-refractivity contribution is 0.0368. The summed E-state index contributed by atoms with van der Waals surface area (Å²) in [6.07, 6.45) is 1.41. The maximum absolute atomic E-state index is 13.5. The minimum absolute atomic E-state index is 0. The fraction of sp³-hybridized carbons (Fsp3) is 0.364. The van der Waals surface area contributed by atoms with Crippen LogP contribution in [0.15, 0.2) is 42.7 Å². The SMILES string of the molecule is Cc1cc(Nc2ncn(-c3cc(F)cc(F)c3)n2)cc(NC(C)CN2CCOCC2)c1.[HH].[HH]. The first kappa shape index (κ1) is 21.2. The van der Waals surface area contributed by atoms with Gasteiger partial charge in [-0.2, -0.15) is 4.98 Å². The largest absolute Gasteiger partial charge is 0.381 e. The summed E-state index contributed by atoms with van der Waals surface area (Å²) in [7, 11) is 0. The molecule has 0 amide bonds. The zero-order valence-corrected chi connectivity index (χ0v) is 17.6. The minimum Gasteiger partial charge on any atom is -0.381 e. The number of aryl methyl sites for hydroxylation is 1. The third-order valence-electron chi connectivity index (χ3n) is 4.99. The molecule has 1 saturated heterocycles. The topological polar surface area (TPSA) is 67.2 Å². The first-order valence-electron chi connectivity index (χ1n) is 10.3. The number of ether oxygens (including phenoxy) is 1. The van der Waals surface area contributed by atoms with Crippen molar-refractivity contribution < 1.29 is 16.4 Å². The van der Waals surface area contributed by atoms with E-state index in [2.05, 4.69) is 38.6 Å². The van der Waals surface area contributed by atoms with Crippen LogP contribution < -0.4 is 10.6 Å². The molecule has 1 unspecified atom stereocenters. The molecule has 7 nitrogen and oxygen atoms in total. The zero-order chi connectivity index (χ0) is 21.8. The van der Waals surface area contributed by atoms with Crippen molar-refractivity contribution in [3.63, 3.8) is 0 Å². The Morgan fingerprint density at radius 3 is 2.52 bits per heavy atom. The molecule has 0 bridgehead atoms. The number of hydrogen-bond donors (Lipinski definition) is 2. The minimum atomic E-state index is -0.666. The van der Waals surface area contributed by atoms with E-state index in [-0.39, 0.29) is 14.6 Å². The van der Waals surface area contributed by atoms with Crippen LogP contribution in [0.4, 0.5) is 26.1 Å². The zero-order valence-electron chi connectivity index (χ0n) is 17.6. The molecule has 9 heteroatoms. The van der Waals surface area contributed by atoms with Gasteiger partial charge in [0.15, 0.2) is 0 Å². The van der Waals surface area contributed by atoms with Crippen molar-refractivity contribution in [3.05, 3.63) is 59.9 Å². The average Bonchev–Trinajstić information content (AvgIpc) is 3.16. The highest BCUT2D eigenvalue weighted by Crippen LogP contribution is 2.22. The van der Waals surface area contributed by atoms with Gasteiger partial charge in [0.25, 0.3) is 0 Å². The molecule has 1 atom stereocenters. The Labute approximate surface area is 183 Å². The van der Waals surface area contributed by atoms with Crippen molar-refractivity contribution >= 4 is 17.3 Å². The first-order chi connectivity index (χ1) is 14.9. The van der Waals surface area contributed by atoms with Gasteiger partial charge >= 0.3 is 0 Å². The highest BCUT2D eigenvalue weighted by molar-refractivity contribution is 5.63. The van der Waals surface area contributed by atoms with Crippen LogP contribution in [0.5, 0.6) is 0 Å².